The number of benzene rings is 1. The SMILES string of the molecule is Cc1ccc(OC(=O)OCCOC2OC(CO)[C@@H](O)C(O)[C@H]2O)cc1. The summed E-state index contributed by atoms with van der Waals surface area (Å²) in [5, 5.41) is 38.1. The van der Waals surface area contributed by atoms with Crippen LogP contribution in [0.25, 0.3) is 0 Å². The van der Waals surface area contributed by atoms with Crippen LogP contribution < -0.4 is 4.74 Å². The van der Waals surface area contributed by atoms with Crippen LogP contribution in [-0.2, 0) is 14.2 Å². The molecule has 1 heterocycles. The van der Waals surface area contributed by atoms with Crippen molar-refractivity contribution < 1.29 is 44.2 Å². The number of carbonyl (C=O) groups is 1. The van der Waals surface area contributed by atoms with Crippen molar-refractivity contribution in [3.05, 3.63) is 29.8 Å². The topological polar surface area (TPSA) is 135 Å². The molecular weight excluding hydrogens is 336 g/mol. The van der Waals surface area contributed by atoms with E-state index in [0.717, 1.165) is 5.56 Å². The largest absolute Gasteiger partial charge is 0.513 e. The van der Waals surface area contributed by atoms with E-state index < -0.39 is 43.5 Å². The Balaban J connectivity index is 1.71. The molecule has 0 radical (unpaired) electrons. The zero-order valence-corrected chi connectivity index (χ0v) is 13.6. The van der Waals surface area contributed by atoms with Crippen LogP contribution in [0.5, 0.6) is 5.75 Å². The van der Waals surface area contributed by atoms with Gasteiger partial charge in [0.05, 0.1) is 13.2 Å². The maximum absolute atomic E-state index is 11.5. The maximum atomic E-state index is 11.5. The molecule has 1 aromatic carbocycles. The molecule has 2 rings (SSSR count). The van der Waals surface area contributed by atoms with E-state index in [1.807, 2.05) is 6.92 Å². The lowest BCUT2D eigenvalue weighted by atomic mass is 9.99. The number of carbonyl (C=O) groups excluding carboxylic acids is 1. The van der Waals surface area contributed by atoms with Crippen molar-refractivity contribution in [2.75, 3.05) is 19.8 Å². The van der Waals surface area contributed by atoms with Gasteiger partial charge in [0, 0.05) is 0 Å². The van der Waals surface area contributed by atoms with Gasteiger partial charge in [-0.15, -0.1) is 0 Å². The fourth-order valence-corrected chi connectivity index (χ4v) is 2.23. The predicted octanol–water partition coefficient (Wildman–Crippen LogP) is -0.673. The minimum absolute atomic E-state index is 0.147. The second kappa shape index (κ2) is 9.09. The molecule has 1 saturated heterocycles. The van der Waals surface area contributed by atoms with Gasteiger partial charge in [-0.1, -0.05) is 17.7 Å². The molecule has 0 aliphatic carbocycles. The van der Waals surface area contributed by atoms with Crippen molar-refractivity contribution in [2.24, 2.45) is 0 Å². The second-order valence-electron chi connectivity index (χ2n) is 5.58. The minimum atomic E-state index is -1.52. The third-order valence-electron chi connectivity index (χ3n) is 3.66. The highest BCUT2D eigenvalue weighted by molar-refractivity contribution is 5.63. The van der Waals surface area contributed by atoms with E-state index in [-0.39, 0.29) is 13.2 Å². The van der Waals surface area contributed by atoms with Crippen LogP contribution in [0.4, 0.5) is 4.79 Å². The van der Waals surface area contributed by atoms with Crippen LogP contribution in [0, 0.1) is 6.92 Å². The van der Waals surface area contributed by atoms with Gasteiger partial charge in [0.15, 0.2) is 6.29 Å². The molecule has 9 heteroatoms. The molecule has 1 aromatic rings. The number of ether oxygens (including phenoxy) is 4. The number of aryl methyl sites for hydroxylation is 1. The summed E-state index contributed by atoms with van der Waals surface area (Å²) in [6.45, 7) is 1.02. The second-order valence-corrected chi connectivity index (χ2v) is 5.58. The summed E-state index contributed by atoms with van der Waals surface area (Å²) in [7, 11) is 0. The van der Waals surface area contributed by atoms with Crippen molar-refractivity contribution in [1.29, 1.82) is 0 Å². The van der Waals surface area contributed by atoms with Crippen molar-refractivity contribution in [3.63, 3.8) is 0 Å². The Morgan fingerprint density at radius 1 is 1.08 bits per heavy atom. The highest BCUT2D eigenvalue weighted by atomic mass is 16.7. The van der Waals surface area contributed by atoms with E-state index in [9.17, 15) is 20.1 Å². The van der Waals surface area contributed by atoms with Gasteiger partial charge in [-0.2, -0.15) is 0 Å². The van der Waals surface area contributed by atoms with E-state index in [1.54, 1.807) is 24.3 Å². The molecule has 25 heavy (non-hydrogen) atoms. The molecule has 1 aliphatic rings. The van der Waals surface area contributed by atoms with Gasteiger partial charge in [-0.05, 0) is 19.1 Å². The molecule has 0 spiro atoms. The Bertz CT molecular complexity index is 545. The normalized spacial score (nSPS) is 29.2. The van der Waals surface area contributed by atoms with Gasteiger partial charge in [0.2, 0.25) is 0 Å². The summed E-state index contributed by atoms with van der Waals surface area (Å²) in [6, 6.07) is 6.82. The number of aliphatic hydroxyl groups is 4. The highest BCUT2D eigenvalue weighted by Gasteiger charge is 2.43. The smallest absolute Gasteiger partial charge is 0.432 e. The monoisotopic (exact) mass is 358 g/mol. The van der Waals surface area contributed by atoms with E-state index in [1.165, 1.54) is 0 Å². The lowest BCUT2D eigenvalue weighted by molar-refractivity contribution is -0.302. The number of hydrogen-bond acceptors (Lipinski definition) is 9. The van der Waals surface area contributed by atoms with Crippen molar-refractivity contribution >= 4 is 6.16 Å². The highest BCUT2D eigenvalue weighted by Crippen LogP contribution is 2.21. The predicted molar refractivity (Wildman–Crippen MR) is 82.9 cm³/mol. The van der Waals surface area contributed by atoms with E-state index in [4.69, 9.17) is 24.1 Å². The molecule has 0 amide bonds. The molecular formula is C16H22O9. The van der Waals surface area contributed by atoms with Crippen LogP contribution in [0.2, 0.25) is 0 Å². The first-order valence-electron chi connectivity index (χ1n) is 7.75. The quantitative estimate of drug-likeness (QED) is 0.296. The fraction of sp³-hybridized carbons (Fsp3) is 0.562. The van der Waals surface area contributed by atoms with Gasteiger partial charge in [-0.25, -0.2) is 4.79 Å². The third-order valence-corrected chi connectivity index (χ3v) is 3.66. The van der Waals surface area contributed by atoms with Crippen molar-refractivity contribution in [1.82, 2.24) is 0 Å². The third kappa shape index (κ3) is 5.36. The lowest BCUT2D eigenvalue weighted by Crippen LogP contribution is -2.59. The van der Waals surface area contributed by atoms with E-state index >= 15 is 0 Å². The van der Waals surface area contributed by atoms with Gasteiger partial charge in [-0.3, -0.25) is 0 Å². The molecule has 1 aliphatic heterocycles. The number of aliphatic hydroxyl groups excluding tert-OH is 4. The van der Waals surface area contributed by atoms with Gasteiger partial charge >= 0.3 is 6.16 Å². The molecule has 0 bridgehead atoms. The van der Waals surface area contributed by atoms with Gasteiger partial charge < -0.3 is 39.4 Å². The number of hydrogen-bond donors (Lipinski definition) is 4. The molecule has 4 N–H and O–H groups in total. The first-order chi connectivity index (χ1) is 11.9. The average molecular weight is 358 g/mol. The van der Waals surface area contributed by atoms with Gasteiger partial charge in [0.1, 0.15) is 36.8 Å². The zero-order chi connectivity index (χ0) is 18.4. The zero-order valence-electron chi connectivity index (χ0n) is 13.6. The van der Waals surface area contributed by atoms with Crippen LogP contribution in [0.1, 0.15) is 5.56 Å². The Morgan fingerprint density at radius 3 is 2.40 bits per heavy atom. The molecule has 140 valence electrons. The summed E-state index contributed by atoms with van der Waals surface area (Å²) < 4.78 is 20.1. The Morgan fingerprint density at radius 2 is 1.76 bits per heavy atom. The van der Waals surface area contributed by atoms with E-state index in [2.05, 4.69) is 0 Å². The molecule has 3 unspecified atom stereocenters. The molecule has 1 fully saturated rings. The Kier molecular flexibility index (Phi) is 7.12. The molecule has 0 saturated carbocycles. The maximum Gasteiger partial charge on any atom is 0.513 e. The first kappa shape index (κ1) is 19.6. The Hall–Kier alpha value is -1.75. The van der Waals surface area contributed by atoms with Crippen LogP contribution in [0.15, 0.2) is 24.3 Å². The summed E-state index contributed by atoms with van der Waals surface area (Å²) in [5.41, 5.74) is 1.02. The lowest BCUT2D eigenvalue weighted by Gasteiger charge is -2.39. The van der Waals surface area contributed by atoms with Crippen LogP contribution >= 0.6 is 0 Å². The van der Waals surface area contributed by atoms with Crippen LogP contribution in [-0.4, -0.2) is 77.1 Å². The summed E-state index contributed by atoms with van der Waals surface area (Å²) in [6.07, 6.45) is -7.73. The average Bonchev–Trinajstić information content (AvgIpc) is 2.60. The summed E-state index contributed by atoms with van der Waals surface area (Å²) in [5.74, 6) is 0.338. The summed E-state index contributed by atoms with van der Waals surface area (Å²) >= 11 is 0. The van der Waals surface area contributed by atoms with Crippen molar-refractivity contribution in [3.8, 4) is 5.75 Å². The van der Waals surface area contributed by atoms with E-state index in [0.29, 0.717) is 5.75 Å². The molecule has 0 aromatic heterocycles. The van der Waals surface area contributed by atoms with Gasteiger partial charge in [0.25, 0.3) is 0 Å². The van der Waals surface area contributed by atoms with Crippen molar-refractivity contribution in [2.45, 2.75) is 37.6 Å². The molecule has 5 atom stereocenters. The fourth-order valence-electron chi connectivity index (χ4n) is 2.23. The first-order valence-corrected chi connectivity index (χ1v) is 7.75. The standard InChI is InChI=1S/C16H22O9/c1-9-2-4-10(5-3-9)24-16(21)23-7-6-22-15-14(20)13(19)12(18)11(8-17)25-15/h2-5,11-15,17-20H,6-8H2,1H3/t11?,12-,13?,14-,15?/m1/s1. The molecule has 9 nitrogen and oxygen atoms in total. The minimum Gasteiger partial charge on any atom is -0.432 e. The Labute approximate surface area is 144 Å². The summed E-state index contributed by atoms with van der Waals surface area (Å²) in [4.78, 5) is 11.5. The number of rotatable bonds is 6. The van der Waals surface area contributed by atoms with Crippen LogP contribution in [0.3, 0.4) is 0 Å².